The van der Waals surface area contributed by atoms with Crippen molar-refractivity contribution in [3.8, 4) is 0 Å². The smallest absolute Gasteiger partial charge is 0.107 e. The van der Waals surface area contributed by atoms with Crippen molar-refractivity contribution < 1.29 is 4.11 Å². The molecule has 26 rings (SSSR count). The molecule has 4 aliphatic carbocycles. The van der Waals surface area contributed by atoms with E-state index >= 15 is 0 Å². The zero-order valence-corrected chi connectivity index (χ0v) is 90.8. The van der Waals surface area contributed by atoms with Crippen LogP contribution in [0.3, 0.4) is 0 Å². The lowest BCUT2D eigenvalue weighted by atomic mass is 9.63. The van der Waals surface area contributed by atoms with Gasteiger partial charge in [0.2, 0.25) is 0 Å². The molecule has 0 bridgehead atoms. The van der Waals surface area contributed by atoms with Gasteiger partial charge in [-0.3, -0.25) is 0 Å². The standard InChI is InChI=1S/C27H26N2.C26H30N2.C25H34N2.C21H22N2.C20H26N2.C16H20N2/c1-20-12-10-11-17-25(20)29-21(2)26-27(18-19-28(26)22(29)3,23-13-6-4-7-14-23)24-15-8-5-9-16-24;1-19-11-7-10-16-24(19)28-20(2)25-26(23-14-8-9-15-23,17-18-27(25)21(28)3)22-12-5-4-6-13-22;1-18-10-4-9-15-23(18)27-19(2)24-25(21-11-5-6-12-21,22-13-7-8-14-22)16-17-26(24)20(27)3;1-15-9-7-8-12-20(15)23-16(2)21-19(13-14-22(21)17(23)3)18-10-5-4-6-11-18;1-14-8-4-7-11-19(14)22-15(2)20-18(17-9-5-6-10-17)12-13-21(20)16(22)3;1-11-7-5-6-8-15(11)18-13(3)16-12(2)9-10-17(16)14(18)4/h4-19,22H,1-3H3;4-7,10-13,16-18,21,23H,8-9,14-15H2,1-3H3;4,9-10,15-17,20-22H,5-8,11-14H2,1-3H3;4-14,17,19H,1-3H3;4,7-8,11-13,16-18H,5-6,9-10H2,1-3H3;5-10,12,14H,1-4H3/i;;;19D;18D;12D. The van der Waals surface area contributed by atoms with Gasteiger partial charge in [0.05, 0.1) is 27.9 Å². The molecular formula is C135H158N12. The molecule has 10 unspecified atom stereocenters. The Hall–Kier alpha value is -13.3. The summed E-state index contributed by atoms with van der Waals surface area (Å²) < 4.78 is 26.8. The molecule has 16 aliphatic rings. The Morgan fingerprint density at radius 1 is 0.245 bits per heavy atom. The van der Waals surface area contributed by atoms with E-state index in [0.717, 1.165) is 34.5 Å². The second-order valence-electron chi connectivity index (χ2n) is 44.2. The third-order valence-corrected chi connectivity index (χ3v) is 36.2. The summed E-state index contributed by atoms with van der Waals surface area (Å²) in [5.74, 6) is 0.869. The summed E-state index contributed by atoms with van der Waals surface area (Å²) in [7, 11) is 0. The molecular weight excluding hydrogens is 1790 g/mol. The van der Waals surface area contributed by atoms with Crippen LogP contribution in [0.4, 0.5) is 34.1 Å². The van der Waals surface area contributed by atoms with Crippen molar-refractivity contribution in [1.29, 1.82) is 0 Å². The molecule has 147 heavy (non-hydrogen) atoms. The fraction of sp³-hybridized carbons (Fsp3) is 0.378. The van der Waals surface area contributed by atoms with Crippen LogP contribution >= 0.6 is 0 Å². The number of benzene rings is 10. The zero-order valence-electron chi connectivity index (χ0n) is 93.8. The summed E-state index contributed by atoms with van der Waals surface area (Å²) in [6.07, 6.45) is 50.3. The third-order valence-electron chi connectivity index (χ3n) is 36.2. The second kappa shape index (κ2) is 41.4. The minimum Gasteiger partial charge on any atom is -0.329 e. The van der Waals surface area contributed by atoms with Crippen LogP contribution in [0.5, 0.6) is 0 Å². The van der Waals surface area contributed by atoms with Crippen LogP contribution in [0, 0.1) is 82.4 Å². The lowest BCUT2D eigenvalue weighted by Gasteiger charge is -2.42. The number of para-hydroxylation sites is 6. The van der Waals surface area contributed by atoms with Crippen molar-refractivity contribution in [3.05, 3.63) is 465 Å². The predicted molar refractivity (Wildman–Crippen MR) is 615 cm³/mol. The molecule has 0 aromatic heterocycles. The van der Waals surface area contributed by atoms with Gasteiger partial charge in [-0.25, -0.2) is 0 Å². The summed E-state index contributed by atoms with van der Waals surface area (Å²) in [5.41, 5.74) is 36.3. The van der Waals surface area contributed by atoms with Crippen LogP contribution in [-0.4, -0.2) is 66.4 Å². The molecule has 4 saturated carbocycles. The predicted octanol–water partition coefficient (Wildman–Crippen LogP) is 33.0. The fourth-order valence-corrected chi connectivity index (χ4v) is 29.3. The van der Waals surface area contributed by atoms with Crippen LogP contribution in [-0.2, 0) is 10.8 Å². The summed E-state index contributed by atoms with van der Waals surface area (Å²) in [4.78, 5) is 29.1. The first kappa shape index (κ1) is 95.9. The van der Waals surface area contributed by atoms with Crippen molar-refractivity contribution in [2.45, 2.75) is 288 Å². The minimum atomic E-state index is -0.822. The largest absolute Gasteiger partial charge is 0.329 e. The Bertz CT molecular complexity index is 7020. The van der Waals surface area contributed by atoms with Gasteiger partial charge in [-0.1, -0.05) is 319 Å². The SMILES string of the molecule is CC1=C2N(C=CC2(C2CCCC2)C2CCCC2)C(C)N1c1ccccc1C.CC1=C2N(C=CC2(c2ccccc2)C2CCCC2)C(C)N1c1ccccc1C.CC1=C2N(C=CC2(c2ccccc2)c2ccccc2)C(C)N1c1ccccc1C.[2H]C1(C)C=CN2C1=C(C)N(c1ccccc1C)C2C.[2H]C1(C2CCCC2)C=CN2C1=C(C)N(c1ccccc1C)C2C.[2H]C1(c2ccccc2)C=CN2C1=C(C)N(c1ccccc1C)C2C. The lowest BCUT2D eigenvalue weighted by molar-refractivity contribution is 0.158. The average Bonchev–Trinajstić information content (AvgIpc) is 1.55. The monoisotopic (exact) mass is 1950 g/mol. The highest BCUT2D eigenvalue weighted by Gasteiger charge is 2.58. The van der Waals surface area contributed by atoms with Crippen molar-refractivity contribution >= 4 is 34.1 Å². The molecule has 0 spiro atoms. The Kier molecular flexibility index (Phi) is 27.0. The van der Waals surface area contributed by atoms with Crippen LogP contribution < -0.4 is 29.4 Å². The maximum atomic E-state index is 9.22. The van der Waals surface area contributed by atoms with E-state index in [2.05, 4.69) is 482 Å². The maximum absolute atomic E-state index is 9.22. The second-order valence-corrected chi connectivity index (χ2v) is 44.2. The first-order chi connectivity index (χ1) is 72.4. The van der Waals surface area contributed by atoms with Gasteiger partial charge < -0.3 is 58.8 Å². The number of allylic oxidation sites excluding steroid dienone is 12. The van der Waals surface area contributed by atoms with Gasteiger partial charge in [-0.05, 0) is 298 Å². The fourth-order valence-electron chi connectivity index (χ4n) is 29.3. The van der Waals surface area contributed by atoms with Gasteiger partial charge in [-0.15, -0.1) is 0 Å². The number of rotatable bonds is 14. The van der Waals surface area contributed by atoms with Crippen LogP contribution in [0.2, 0.25) is 0 Å². The van der Waals surface area contributed by atoms with E-state index in [1.165, 1.54) is 233 Å². The molecule has 0 N–H and O–H groups in total. The molecule has 4 fully saturated rings. The van der Waals surface area contributed by atoms with E-state index in [4.69, 9.17) is 2.74 Å². The Labute approximate surface area is 884 Å². The minimum absolute atomic E-state index is 0.00748. The van der Waals surface area contributed by atoms with Gasteiger partial charge >= 0.3 is 0 Å². The maximum Gasteiger partial charge on any atom is 0.107 e. The Morgan fingerprint density at radius 3 is 0.952 bits per heavy atom. The molecule has 10 aromatic rings. The molecule has 0 amide bonds. The van der Waals surface area contributed by atoms with Gasteiger partial charge in [0.15, 0.2) is 0 Å². The molecule has 0 radical (unpaired) electrons. The van der Waals surface area contributed by atoms with E-state index in [1.54, 1.807) is 5.70 Å². The lowest BCUT2D eigenvalue weighted by Crippen LogP contribution is -2.38. The zero-order chi connectivity index (χ0) is 105. The molecule has 12 heteroatoms. The molecule has 12 aliphatic heterocycles. The number of fused-ring (bicyclic) bond motifs is 6. The number of nitrogens with zero attached hydrogens (tertiary/aromatic N) is 12. The topological polar surface area (TPSA) is 38.9 Å². The van der Waals surface area contributed by atoms with E-state index < -0.39 is 17.7 Å². The number of hydrogen-bond donors (Lipinski definition) is 0. The van der Waals surface area contributed by atoms with Crippen molar-refractivity contribution in [2.75, 3.05) is 29.4 Å². The third kappa shape index (κ3) is 17.1. The molecule has 12 nitrogen and oxygen atoms in total. The molecule has 12 heterocycles. The van der Waals surface area contributed by atoms with Gasteiger partial charge in [0, 0.05) is 150 Å². The molecule has 0 saturated heterocycles. The first-order valence-corrected chi connectivity index (χ1v) is 55.4. The van der Waals surface area contributed by atoms with E-state index in [9.17, 15) is 1.37 Å². The van der Waals surface area contributed by atoms with Crippen LogP contribution in [0.15, 0.2) is 409 Å². The Balaban J connectivity index is 0.000000106. The Morgan fingerprint density at radius 2 is 0.537 bits per heavy atom. The summed E-state index contributed by atoms with van der Waals surface area (Å²) in [6.45, 7) is 42.2. The number of hydrogen-bond acceptors (Lipinski definition) is 12. The summed E-state index contributed by atoms with van der Waals surface area (Å²) in [6, 6.07) is 94.9. The summed E-state index contributed by atoms with van der Waals surface area (Å²) in [5, 5.41) is 0. The van der Waals surface area contributed by atoms with Crippen molar-refractivity contribution in [2.24, 2.45) is 40.9 Å². The van der Waals surface area contributed by atoms with Gasteiger partial charge in [0.1, 0.15) is 37.0 Å². The van der Waals surface area contributed by atoms with Crippen molar-refractivity contribution in [3.63, 3.8) is 0 Å². The normalized spacial score (nSPS) is 27.0. The highest BCUT2D eigenvalue weighted by Crippen LogP contribution is 2.64. The molecule has 10 atom stereocenters. The van der Waals surface area contributed by atoms with Crippen molar-refractivity contribution in [1.82, 2.24) is 29.4 Å². The number of aryl methyl sites for hydroxylation is 6. The molecule has 758 valence electrons. The van der Waals surface area contributed by atoms with Crippen LogP contribution in [0.25, 0.3) is 0 Å². The quantitative estimate of drug-likeness (QED) is 0.104. The van der Waals surface area contributed by atoms with E-state index in [1.807, 2.05) is 49.4 Å². The van der Waals surface area contributed by atoms with E-state index in [0.29, 0.717) is 29.6 Å². The van der Waals surface area contributed by atoms with E-state index in [-0.39, 0.29) is 35.5 Å². The van der Waals surface area contributed by atoms with Crippen LogP contribution in [0.1, 0.15) is 258 Å². The molecule has 10 aromatic carbocycles. The highest BCUT2D eigenvalue weighted by molar-refractivity contribution is 5.72. The summed E-state index contributed by atoms with van der Waals surface area (Å²) >= 11 is 0. The number of anilines is 6. The highest BCUT2D eigenvalue weighted by atomic mass is 15.5. The average molecular weight is 1950 g/mol. The van der Waals surface area contributed by atoms with Gasteiger partial charge in [0.25, 0.3) is 0 Å². The van der Waals surface area contributed by atoms with Gasteiger partial charge in [-0.2, -0.15) is 0 Å². The first-order valence-electron chi connectivity index (χ1n) is 56.9.